The number of hydrogen-bond acceptors (Lipinski definition) is 4. The van der Waals surface area contributed by atoms with Crippen molar-refractivity contribution in [3.05, 3.63) is 94.9 Å². The quantitative estimate of drug-likeness (QED) is 0.593. The standard InChI is InChI=1S/C19H25N5O.C9H12/c1-14(2)22-18-17(20-10-12-24(18)5)15-7-6-8-16(13-15)19(25)21-9-11-23(3)4;1-7-4-8(2)6-9(3)5-7/h6-8,10,12-13H,1,9,11H2,2-5H3,(H,21,25);4-6H,1-3H3. The first-order valence-corrected chi connectivity index (χ1v) is 11.4. The van der Waals surface area contributed by atoms with Crippen LogP contribution in [0.2, 0.25) is 0 Å². The average molecular weight is 460 g/mol. The number of hydrogen-bond donors (Lipinski definition) is 1. The third-order valence-electron chi connectivity index (χ3n) is 4.95. The minimum absolute atomic E-state index is 0.0950. The second-order valence-corrected chi connectivity index (χ2v) is 8.86. The van der Waals surface area contributed by atoms with Crippen molar-refractivity contribution >= 4 is 5.91 Å². The molecule has 34 heavy (non-hydrogen) atoms. The molecule has 0 aliphatic rings. The van der Waals surface area contributed by atoms with Crippen molar-refractivity contribution in [2.45, 2.75) is 27.7 Å². The zero-order valence-corrected chi connectivity index (χ0v) is 21.5. The van der Waals surface area contributed by atoms with Gasteiger partial charge in [0.25, 0.3) is 5.91 Å². The fourth-order valence-electron chi connectivity index (χ4n) is 3.52. The molecule has 2 aromatic carbocycles. The number of allylic oxidation sites excluding steroid dienone is 1. The Kier molecular flexibility index (Phi) is 9.95. The van der Waals surface area contributed by atoms with Gasteiger partial charge in [0, 0.05) is 49.4 Å². The fraction of sp³-hybridized carbons (Fsp3) is 0.321. The molecule has 0 radical (unpaired) electrons. The largest absolute Gasteiger partial charge is 0.351 e. The lowest BCUT2D eigenvalue weighted by atomic mass is 10.1. The monoisotopic (exact) mass is 459 g/mol. The molecule has 1 N–H and O–H groups in total. The topological polar surface area (TPSA) is 62.5 Å². The SMILES string of the molecule is C=C(C)N=c1c(-c2cccc(C(=O)NCCN(C)C)c2)nccn1C.Cc1cc(C)cc(C)c1. The molecule has 1 heterocycles. The van der Waals surface area contributed by atoms with Gasteiger partial charge in [0.2, 0.25) is 0 Å². The summed E-state index contributed by atoms with van der Waals surface area (Å²) in [5.74, 6) is -0.0950. The number of likely N-dealkylation sites (N-methyl/N-ethyl adjacent to an activating group) is 1. The molecule has 0 aliphatic heterocycles. The third-order valence-corrected chi connectivity index (χ3v) is 4.95. The lowest BCUT2D eigenvalue weighted by Crippen LogP contribution is -2.31. The summed E-state index contributed by atoms with van der Waals surface area (Å²) in [6.07, 6.45) is 3.56. The van der Waals surface area contributed by atoms with Crippen LogP contribution in [0.25, 0.3) is 11.3 Å². The Morgan fingerprint density at radius 2 is 1.71 bits per heavy atom. The van der Waals surface area contributed by atoms with E-state index in [4.69, 9.17) is 0 Å². The second-order valence-electron chi connectivity index (χ2n) is 8.86. The molecule has 0 saturated carbocycles. The summed E-state index contributed by atoms with van der Waals surface area (Å²) < 4.78 is 1.89. The van der Waals surface area contributed by atoms with Crippen LogP contribution in [0, 0.1) is 20.8 Å². The minimum Gasteiger partial charge on any atom is -0.351 e. The highest BCUT2D eigenvalue weighted by molar-refractivity contribution is 5.95. The summed E-state index contributed by atoms with van der Waals surface area (Å²) in [6.45, 7) is 13.5. The van der Waals surface area contributed by atoms with Gasteiger partial charge in [-0.15, -0.1) is 0 Å². The molecule has 3 rings (SSSR count). The highest BCUT2D eigenvalue weighted by Gasteiger charge is 2.10. The number of benzene rings is 2. The van der Waals surface area contributed by atoms with Crippen molar-refractivity contribution < 1.29 is 4.79 Å². The lowest BCUT2D eigenvalue weighted by molar-refractivity contribution is 0.0951. The van der Waals surface area contributed by atoms with E-state index in [-0.39, 0.29) is 5.91 Å². The predicted octanol–water partition coefficient (Wildman–Crippen LogP) is 4.42. The van der Waals surface area contributed by atoms with E-state index in [0.717, 1.165) is 17.8 Å². The van der Waals surface area contributed by atoms with Crippen molar-refractivity contribution in [1.82, 2.24) is 19.8 Å². The van der Waals surface area contributed by atoms with E-state index in [0.29, 0.717) is 23.3 Å². The molecule has 1 amide bonds. The van der Waals surface area contributed by atoms with Gasteiger partial charge in [-0.25, -0.2) is 4.99 Å². The summed E-state index contributed by atoms with van der Waals surface area (Å²) in [7, 11) is 5.85. The summed E-state index contributed by atoms with van der Waals surface area (Å²) >= 11 is 0. The molecule has 180 valence electrons. The molecule has 0 aliphatic carbocycles. The van der Waals surface area contributed by atoms with Gasteiger partial charge in [0.15, 0.2) is 5.49 Å². The molecule has 6 heteroatoms. The van der Waals surface area contributed by atoms with Crippen LogP contribution < -0.4 is 10.8 Å². The Bertz CT molecular complexity index is 1160. The highest BCUT2D eigenvalue weighted by atomic mass is 16.1. The Hall–Kier alpha value is -3.51. The van der Waals surface area contributed by atoms with Crippen molar-refractivity contribution in [2.24, 2.45) is 12.0 Å². The van der Waals surface area contributed by atoms with E-state index < -0.39 is 0 Å². The maximum Gasteiger partial charge on any atom is 0.251 e. The third kappa shape index (κ3) is 8.45. The Balaban J connectivity index is 0.000000379. The number of amides is 1. The number of nitrogens with zero attached hydrogens (tertiary/aromatic N) is 4. The van der Waals surface area contributed by atoms with Gasteiger partial charge in [-0.1, -0.05) is 53.6 Å². The van der Waals surface area contributed by atoms with Crippen molar-refractivity contribution in [1.29, 1.82) is 0 Å². The van der Waals surface area contributed by atoms with Gasteiger partial charge in [0.05, 0.1) is 0 Å². The minimum atomic E-state index is -0.0950. The molecular weight excluding hydrogens is 422 g/mol. The molecule has 0 saturated heterocycles. The van der Waals surface area contributed by atoms with Gasteiger partial charge < -0.3 is 14.8 Å². The van der Waals surface area contributed by atoms with Crippen LogP contribution in [0.3, 0.4) is 0 Å². The molecule has 6 nitrogen and oxygen atoms in total. The maximum atomic E-state index is 12.3. The smallest absolute Gasteiger partial charge is 0.251 e. The van der Waals surface area contributed by atoms with E-state index in [9.17, 15) is 4.79 Å². The first-order chi connectivity index (χ1) is 16.1. The molecular formula is C28H37N5O. The number of aryl methyl sites for hydroxylation is 4. The van der Waals surface area contributed by atoms with E-state index in [2.05, 4.69) is 60.8 Å². The average Bonchev–Trinajstić information content (AvgIpc) is 2.74. The van der Waals surface area contributed by atoms with E-state index in [1.807, 2.05) is 61.9 Å². The summed E-state index contributed by atoms with van der Waals surface area (Å²) in [5.41, 5.74) is 7.63. The number of carbonyl (C=O) groups excluding carboxylic acids is 1. The predicted molar refractivity (Wildman–Crippen MR) is 141 cm³/mol. The Morgan fingerprint density at radius 1 is 1.09 bits per heavy atom. The van der Waals surface area contributed by atoms with Crippen LogP contribution in [0.4, 0.5) is 0 Å². The molecule has 1 aromatic heterocycles. The van der Waals surface area contributed by atoms with E-state index in [1.54, 1.807) is 12.3 Å². The molecule has 0 bridgehead atoms. The fourth-order valence-corrected chi connectivity index (χ4v) is 3.52. The van der Waals surface area contributed by atoms with Crippen molar-refractivity contribution in [3.63, 3.8) is 0 Å². The van der Waals surface area contributed by atoms with Crippen molar-refractivity contribution in [3.8, 4) is 11.3 Å². The Morgan fingerprint density at radius 3 is 2.26 bits per heavy atom. The van der Waals surface area contributed by atoms with Crippen LogP contribution >= 0.6 is 0 Å². The zero-order valence-electron chi connectivity index (χ0n) is 21.5. The van der Waals surface area contributed by atoms with Gasteiger partial charge in [-0.2, -0.15) is 0 Å². The first-order valence-electron chi connectivity index (χ1n) is 11.4. The molecule has 0 atom stereocenters. The van der Waals surface area contributed by atoms with Gasteiger partial charge >= 0.3 is 0 Å². The number of aromatic nitrogens is 2. The summed E-state index contributed by atoms with van der Waals surface area (Å²) in [5, 5.41) is 2.92. The summed E-state index contributed by atoms with van der Waals surface area (Å²) in [4.78, 5) is 23.3. The van der Waals surface area contributed by atoms with E-state index >= 15 is 0 Å². The van der Waals surface area contributed by atoms with Crippen LogP contribution in [-0.2, 0) is 7.05 Å². The van der Waals surface area contributed by atoms with Crippen LogP contribution in [0.15, 0.2) is 72.1 Å². The second kappa shape index (κ2) is 12.7. The van der Waals surface area contributed by atoms with Crippen LogP contribution in [0.1, 0.15) is 34.0 Å². The molecule has 0 fully saturated rings. The molecule has 0 unspecified atom stereocenters. The van der Waals surface area contributed by atoms with Crippen LogP contribution in [0.5, 0.6) is 0 Å². The number of nitrogens with one attached hydrogen (secondary N) is 1. The molecule has 0 spiro atoms. The first kappa shape index (κ1) is 26.7. The lowest BCUT2D eigenvalue weighted by Gasteiger charge is -2.11. The number of rotatable bonds is 6. The van der Waals surface area contributed by atoms with Gasteiger partial charge in [0.1, 0.15) is 5.69 Å². The summed E-state index contributed by atoms with van der Waals surface area (Å²) in [6, 6.07) is 14.0. The van der Waals surface area contributed by atoms with Gasteiger partial charge in [-0.3, -0.25) is 9.78 Å². The highest BCUT2D eigenvalue weighted by Crippen LogP contribution is 2.15. The van der Waals surface area contributed by atoms with Gasteiger partial charge in [-0.05, 0) is 53.9 Å². The number of carbonyl (C=O) groups is 1. The maximum absolute atomic E-state index is 12.3. The Labute approximate surface area is 203 Å². The zero-order chi connectivity index (χ0) is 25.3. The van der Waals surface area contributed by atoms with Crippen molar-refractivity contribution in [2.75, 3.05) is 27.2 Å². The normalized spacial score (nSPS) is 11.1. The van der Waals surface area contributed by atoms with Crippen LogP contribution in [-0.4, -0.2) is 47.5 Å². The van der Waals surface area contributed by atoms with E-state index in [1.165, 1.54) is 16.7 Å². The molecule has 3 aromatic rings.